The number of nitrogens with one attached hydrogen (secondary N) is 1. The maximum atomic E-state index is 11.1. The third-order valence-electron chi connectivity index (χ3n) is 5.25. The molecule has 1 amide bonds. The third kappa shape index (κ3) is 4.73. The highest BCUT2D eigenvalue weighted by Crippen LogP contribution is 2.23. The van der Waals surface area contributed by atoms with Crippen LogP contribution in [0.4, 0.5) is 0 Å². The van der Waals surface area contributed by atoms with Crippen LogP contribution in [-0.4, -0.2) is 40.7 Å². The summed E-state index contributed by atoms with van der Waals surface area (Å²) >= 11 is 3.55. The molecular formula is C22H27BrN4O. The van der Waals surface area contributed by atoms with Gasteiger partial charge in [0.25, 0.3) is 0 Å². The van der Waals surface area contributed by atoms with Gasteiger partial charge >= 0.3 is 0 Å². The monoisotopic (exact) mass is 442 g/mol. The minimum atomic E-state index is 0.424. The average Bonchev–Trinajstić information content (AvgIpc) is 3.04. The Bertz CT molecular complexity index is 886. The van der Waals surface area contributed by atoms with Gasteiger partial charge in [-0.1, -0.05) is 30.8 Å². The van der Waals surface area contributed by atoms with Crippen LogP contribution in [0, 0.1) is 19.8 Å². The number of aryl methyl sites for hydroxylation is 1. The van der Waals surface area contributed by atoms with Gasteiger partial charge in [-0.25, -0.2) is 4.68 Å². The van der Waals surface area contributed by atoms with Gasteiger partial charge < -0.3 is 10.2 Å². The minimum absolute atomic E-state index is 0.424. The van der Waals surface area contributed by atoms with Crippen molar-refractivity contribution in [1.82, 2.24) is 20.0 Å². The number of nitrogens with zero attached hydrogens (tertiary/aromatic N) is 3. The van der Waals surface area contributed by atoms with E-state index in [9.17, 15) is 4.79 Å². The molecule has 6 heteroatoms. The van der Waals surface area contributed by atoms with Crippen molar-refractivity contribution in [2.24, 2.45) is 5.92 Å². The van der Waals surface area contributed by atoms with E-state index in [4.69, 9.17) is 0 Å². The van der Waals surface area contributed by atoms with Crippen molar-refractivity contribution < 1.29 is 4.79 Å². The van der Waals surface area contributed by atoms with Gasteiger partial charge in [0.2, 0.25) is 6.41 Å². The van der Waals surface area contributed by atoms with Crippen molar-refractivity contribution in [3.8, 4) is 0 Å². The fourth-order valence-corrected chi connectivity index (χ4v) is 3.86. The molecule has 5 nitrogen and oxygen atoms in total. The van der Waals surface area contributed by atoms with E-state index in [-0.39, 0.29) is 0 Å². The highest BCUT2D eigenvalue weighted by Gasteiger charge is 2.19. The van der Waals surface area contributed by atoms with E-state index in [1.54, 1.807) is 6.20 Å². The van der Waals surface area contributed by atoms with Crippen molar-refractivity contribution >= 4 is 33.7 Å². The number of piperidine rings is 1. The summed E-state index contributed by atoms with van der Waals surface area (Å²) in [5.41, 5.74) is 4.27. The summed E-state index contributed by atoms with van der Waals surface area (Å²) in [6.07, 6.45) is 6.97. The van der Waals surface area contributed by atoms with Crippen LogP contribution in [0.3, 0.4) is 0 Å². The molecule has 1 atom stereocenters. The first kappa shape index (κ1) is 20.4. The van der Waals surface area contributed by atoms with Crippen LogP contribution >= 0.6 is 15.9 Å². The van der Waals surface area contributed by atoms with Crippen molar-refractivity contribution in [3.63, 3.8) is 0 Å². The Balaban J connectivity index is 1.83. The van der Waals surface area contributed by atoms with Crippen molar-refractivity contribution in [2.75, 3.05) is 19.6 Å². The lowest BCUT2D eigenvalue weighted by molar-refractivity contribution is -0.119. The number of aromatic nitrogens is 2. The van der Waals surface area contributed by atoms with Crippen LogP contribution in [0.1, 0.15) is 29.7 Å². The predicted octanol–water partition coefficient (Wildman–Crippen LogP) is 4.23. The molecule has 0 bridgehead atoms. The molecule has 0 aliphatic carbocycles. The zero-order valence-corrected chi connectivity index (χ0v) is 18.1. The summed E-state index contributed by atoms with van der Waals surface area (Å²) < 4.78 is 2.86. The quantitative estimate of drug-likeness (QED) is 0.515. The van der Waals surface area contributed by atoms with E-state index in [0.717, 1.165) is 66.0 Å². The maximum absolute atomic E-state index is 11.1. The van der Waals surface area contributed by atoms with E-state index < -0.39 is 0 Å². The number of hydrogen-bond acceptors (Lipinski definition) is 3. The number of benzene rings is 1. The second-order valence-electron chi connectivity index (χ2n) is 7.35. The molecule has 2 heterocycles. The number of carbonyl (C=O) groups excluding carboxylic acids is 1. The first-order chi connectivity index (χ1) is 13.5. The molecule has 1 unspecified atom stereocenters. The molecular weight excluding hydrogens is 416 g/mol. The zero-order chi connectivity index (χ0) is 20.1. The average molecular weight is 443 g/mol. The summed E-state index contributed by atoms with van der Waals surface area (Å²) in [5.74, 6) is 1.31. The minimum Gasteiger partial charge on any atom is -0.370 e. The fourth-order valence-electron chi connectivity index (χ4n) is 3.60. The van der Waals surface area contributed by atoms with Gasteiger partial charge in [-0.2, -0.15) is 5.10 Å². The van der Waals surface area contributed by atoms with E-state index in [0.29, 0.717) is 5.92 Å². The second kappa shape index (κ2) is 9.24. The first-order valence-corrected chi connectivity index (χ1v) is 10.4. The van der Waals surface area contributed by atoms with E-state index in [1.165, 1.54) is 5.56 Å². The Morgan fingerprint density at radius 3 is 2.86 bits per heavy atom. The van der Waals surface area contributed by atoms with Crippen molar-refractivity contribution in [2.45, 2.75) is 26.7 Å². The third-order valence-corrected chi connectivity index (χ3v) is 6.03. The van der Waals surface area contributed by atoms with Crippen molar-refractivity contribution in [3.05, 3.63) is 64.4 Å². The summed E-state index contributed by atoms with van der Waals surface area (Å²) in [5, 5.41) is 8.07. The molecule has 0 saturated carbocycles. The molecule has 1 saturated heterocycles. The van der Waals surface area contributed by atoms with Crippen LogP contribution in [-0.2, 0) is 4.79 Å². The fraction of sp³-hybridized carbons (Fsp3) is 0.364. The first-order valence-electron chi connectivity index (χ1n) is 9.60. The maximum Gasteiger partial charge on any atom is 0.209 e. The summed E-state index contributed by atoms with van der Waals surface area (Å²) in [6, 6.07) is 8.24. The standard InChI is InChI=1S/C22H27BrN4O/c1-16-7-4-5-9-20(16)17(2)11-22(27-18(3)21(23)13-25-27)24-12-19-8-6-10-26(14-19)15-28/h4-5,7,9,11,13,15,19,24H,2,6,8,10,12,14H2,1,3H3/b22-11-. The summed E-state index contributed by atoms with van der Waals surface area (Å²) in [4.78, 5) is 13.0. The zero-order valence-electron chi connectivity index (χ0n) is 16.5. The summed E-state index contributed by atoms with van der Waals surface area (Å²) in [6.45, 7) is 10.8. The Morgan fingerprint density at radius 1 is 1.39 bits per heavy atom. The highest BCUT2D eigenvalue weighted by molar-refractivity contribution is 9.10. The van der Waals surface area contributed by atoms with Gasteiger partial charge in [0, 0.05) is 19.6 Å². The summed E-state index contributed by atoms with van der Waals surface area (Å²) in [7, 11) is 0. The number of amides is 1. The number of rotatable bonds is 7. The lowest BCUT2D eigenvalue weighted by Crippen LogP contribution is -2.39. The number of likely N-dealkylation sites (tertiary alicyclic amines) is 1. The highest BCUT2D eigenvalue weighted by atomic mass is 79.9. The molecule has 0 radical (unpaired) electrons. The lowest BCUT2D eigenvalue weighted by atomic mass is 9.98. The molecule has 148 valence electrons. The second-order valence-corrected chi connectivity index (χ2v) is 8.20. The Morgan fingerprint density at radius 2 is 2.18 bits per heavy atom. The molecule has 28 heavy (non-hydrogen) atoms. The SMILES string of the molecule is C=C(/C=C(/NCC1CCCN(C=O)C1)n1ncc(Br)c1C)c1ccccc1C. The molecule has 1 N–H and O–H groups in total. The normalized spacial score (nSPS) is 17.5. The molecule has 0 spiro atoms. The van der Waals surface area contributed by atoms with Gasteiger partial charge in [0.15, 0.2) is 0 Å². The van der Waals surface area contributed by atoms with Gasteiger partial charge in [-0.3, -0.25) is 4.79 Å². The van der Waals surface area contributed by atoms with Crippen LogP contribution in [0.5, 0.6) is 0 Å². The Kier molecular flexibility index (Phi) is 6.73. The van der Waals surface area contributed by atoms with Gasteiger partial charge in [-0.05, 0) is 71.3 Å². The number of allylic oxidation sites excluding steroid dienone is 2. The lowest BCUT2D eigenvalue weighted by Gasteiger charge is -2.30. The number of halogens is 1. The van der Waals surface area contributed by atoms with Gasteiger partial charge in [0.05, 0.1) is 16.4 Å². The molecule has 1 aromatic carbocycles. The molecule has 3 rings (SSSR count). The van der Waals surface area contributed by atoms with Gasteiger partial charge in [-0.15, -0.1) is 0 Å². The van der Waals surface area contributed by atoms with E-state index >= 15 is 0 Å². The molecule has 2 aromatic rings. The largest absolute Gasteiger partial charge is 0.370 e. The Hall–Kier alpha value is -2.34. The molecule has 1 aliphatic rings. The predicted molar refractivity (Wildman–Crippen MR) is 118 cm³/mol. The van der Waals surface area contributed by atoms with Crippen LogP contribution in [0.2, 0.25) is 0 Å². The Labute approximate surface area is 175 Å². The van der Waals surface area contributed by atoms with Crippen LogP contribution in [0.25, 0.3) is 11.4 Å². The van der Waals surface area contributed by atoms with E-state index in [1.807, 2.05) is 28.6 Å². The molecule has 1 aromatic heterocycles. The topological polar surface area (TPSA) is 50.2 Å². The van der Waals surface area contributed by atoms with Crippen LogP contribution in [0.15, 0.2) is 47.6 Å². The van der Waals surface area contributed by atoms with E-state index in [2.05, 4.69) is 58.1 Å². The number of hydrogen-bond donors (Lipinski definition) is 1. The number of carbonyl (C=O) groups is 1. The van der Waals surface area contributed by atoms with Gasteiger partial charge in [0.1, 0.15) is 5.82 Å². The van der Waals surface area contributed by atoms with Crippen LogP contribution < -0.4 is 5.32 Å². The molecule has 1 aliphatic heterocycles. The molecule has 1 fully saturated rings. The van der Waals surface area contributed by atoms with Crippen molar-refractivity contribution in [1.29, 1.82) is 0 Å². The smallest absolute Gasteiger partial charge is 0.209 e.